The Morgan fingerprint density at radius 2 is 2.69 bits per heavy atom. The number of nitrogens with two attached hydrogens (primary N) is 1. The number of hydrogen-bond acceptors (Lipinski definition) is 6. The van der Waals surface area contributed by atoms with Gasteiger partial charge < -0.3 is 0 Å². The lowest BCUT2D eigenvalue weighted by atomic mass is 10.3. The molecule has 3 N–H and O–H groups in total. The molecule has 1 heterocycles. The molecular formula is C6H10N4OS2. The van der Waals surface area contributed by atoms with E-state index in [1.165, 1.54) is 23.1 Å². The van der Waals surface area contributed by atoms with Crippen molar-refractivity contribution in [3.63, 3.8) is 0 Å². The second-order valence-corrected chi connectivity index (χ2v) is 4.51. The van der Waals surface area contributed by atoms with Gasteiger partial charge in [0.1, 0.15) is 5.51 Å². The van der Waals surface area contributed by atoms with Gasteiger partial charge in [0.15, 0.2) is 4.34 Å². The highest BCUT2D eigenvalue weighted by atomic mass is 32.2. The van der Waals surface area contributed by atoms with E-state index in [0.29, 0.717) is 6.42 Å². The van der Waals surface area contributed by atoms with Gasteiger partial charge in [-0.25, -0.2) is 5.84 Å². The van der Waals surface area contributed by atoms with Crippen LogP contribution >= 0.6 is 23.1 Å². The average molecular weight is 218 g/mol. The fourth-order valence-corrected chi connectivity index (χ4v) is 2.41. The van der Waals surface area contributed by atoms with Gasteiger partial charge in [0.25, 0.3) is 0 Å². The van der Waals surface area contributed by atoms with Gasteiger partial charge in [-0.05, 0) is 6.42 Å². The second-order valence-electron chi connectivity index (χ2n) is 2.23. The Morgan fingerprint density at radius 1 is 1.92 bits per heavy atom. The first-order chi connectivity index (χ1) is 6.27. The molecule has 0 saturated heterocycles. The van der Waals surface area contributed by atoms with Gasteiger partial charge in [-0.3, -0.25) is 10.2 Å². The van der Waals surface area contributed by atoms with Crippen LogP contribution in [0.5, 0.6) is 0 Å². The van der Waals surface area contributed by atoms with E-state index in [1.54, 1.807) is 5.51 Å². The minimum atomic E-state index is -0.182. The zero-order valence-corrected chi connectivity index (χ0v) is 8.69. The van der Waals surface area contributed by atoms with E-state index in [9.17, 15) is 4.79 Å². The molecule has 0 aromatic carbocycles. The van der Waals surface area contributed by atoms with Crippen molar-refractivity contribution < 1.29 is 4.79 Å². The molecule has 0 saturated carbocycles. The fourth-order valence-electron chi connectivity index (χ4n) is 0.751. The summed E-state index contributed by atoms with van der Waals surface area (Å²) < 4.78 is 0.787. The smallest absolute Gasteiger partial charge is 0.247 e. The van der Waals surface area contributed by atoms with Crippen molar-refractivity contribution in [2.75, 3.05) is 0 Å². The van der Waals surface area contributed by atoms with Crippen LogP contribution in [0.2, 0.25) is 0 Å². The fraction of sp³-hybridized carbons (Fsp3) is 0.500. The van der Waals surface area contributed by atoms with Crippen molar-refractivity contribution in [1.82, 2.24) is 15.6 Å². The lowest BCUT2D eigenvalue weighted by molar-refractivity contribution is -0.120. The Kier molecular flexibility index (Phi) is 4.13. The molecule has 0 aliphatic carbocycles. The van der Waals surface area contributed by atoms with Gasteiger partial charge in [-0.2, -0.15) is 0 Å². The molecule has 0 bridgehead atoms. The third-order valence-electron chi connectivity index (χ3n) is 1.39. The molecule has 0 radical (unpaired) electrons. The third kappa shape index (κ3) is 2.94. The third-order valence-corrected chi connectivity index (χ3v) is 3.56. The minimum absolute atomic E-state index is 0.178. The maximum absolute atomic E-state index is 11.2. The SMILES string of the molecule is CCC(Sc1nncs1)C(=O)NN. The van der Waals surface area contributed by atoms with E-state index in [4.69, 9.17) is 5.84 Å². The maximum atomic E-state index is 11.2. The Morgan fingerprint density at radius 3 is 3.15 bits per heavy atom. The van der Waals surface area contributed by atoms with Crippen molar-refractivity contribution in [3.8, 4) is 0 Å². The maximum Gasteiger partial charge on any atom is 0.247 e. The van der Waals surface area contributed by atoms with Crippen LogP contribution in [-0.4, -0.2) is 21.4 Å². The molecule has 1 unspecified atom stereocenters. The van der Waals surface area contributed by atoms with Crippen LogP contribution in [0.1, 0.15) is 13.3 Å². The highest BCUT2D eigenvalue weighted by molar-refractivity contribution is 8.02. The molecule has 72 valence electrons. The minimum Gasteiger partial charge on any atom is -0.293 e. The molecule has 0 fully saturated rings. The molecule has 0 spiro atoms. The molecular weight excluding hydrogens is 208 g/mol. The van der Waals surface area contributed by atoms with Gasteiger partial charge in [-0.1, -0.05) is 30.0 Å². The number of amides is 1. The summed E-state index contributed by atoms with van der Waals surface area (Å²) in [6.45, 7) is 1.92. The molecule has 7 heteroatoms. The van der Waals surface area contributed by atoms with Crippen LogP contribution in [0, 0.1) is 0 Å². The number of carbonyl (C=O) groups is 1. The number of thioether (sulfide) groups is 1. The van der Waals surface area contributed by atoms with Crippen molar-refractivity contribution in [2.24, 2.45) is 5.84 Å². The van der Waals surface area contributed by atoms with E-state index in [2.05, 4.69) is 15.6 Å². The van der Waals surface area contributed by atoms with Gasteiger partial charge in [0.05, 0.1) is 5.25 Å². The summed E-state index contributed by atoms with van der Waals surface area (Å²) >= 11 is 2.80. The highest BCUT2D eigenvalue weighted by Crippen LogP contribution is 2.25. The van der Waals surface area contributed by atoms with E-state index in [1.807, 2.05) is 6.92 Å². The average Bonchev–Trinajstić information content (AvgIpc) is 2.65. The van der Waals surface area contributed by atoms with E-state index in [-0.39, 0.29) is 11.2 Å². The van der Waals surface area contributed by atoms with Crippen molar-refractivity contribution in [3.05, 3.63) is 5.51 Å². The summed E-state index contributed by atoms with van der Waals surface area (Å²) in [5.74, 6) is 4.85. The zero-order chi connectivity index (χ0) is 9.68. The normalized spacial score (nSPS) is 12.5. The molecule has 0 aliphatic heterocycles. The summed E-state index contributed by atoms with van der Waals surface area (Å²) in [7, 11) is 0. The van der Waals surface area contributed by atoms with E-state index in [0.717, 1.165) is 4.34 Å². The van der Waals surface area contributed by atoms with Crippen molar-refractivity contribution >= 4 is 29.0 Å². The summed E-state index contributed by atoms with van der Waals surface area (Å²) in [6.07, 6.45) is 0.716. The molecule has 13 heavy (non-hydrogen) atoms. The topological polar surface area (TPSA) is 80.9 Å². The van der Waals surface area contributed by atoms with Crippen molar-refractivity contribution in [1.29, 1.82) is 0 Å². The standard InChI is InChI=1S/C6H10N4OS2/c1-2-4(5(11)9-7)13-6-10-8-3-12-6/h3-4H,2,7H2,1H3,(H,9,11). The summed E-state index contributed by atoms with van der Waals surface area (Å²) in [5.41, 5.74) is 3.76. The predicted molar refractivity (Wildman–Crippen MR) is 52.2 cm³/mol. The highest BCUT2D eigenvalue weighted by Gasteiger charge is 2.17. The number of nitrogens with one attached hydrogen (secondary N) is 1. The number of rotatable bonds is 4. The number of nitrogens with zero attached hydrogens (tertiary/aromatic N) is 2. The Hall–Kier alpha value is -0.660. The molecule has 0 aliphatic rings. The lowest BCUT2D eigenvalue weighted by Crippen LogP contribution is -2.37. The molecule has 1 rings (SSSR count). The number of aromatic nitrogens is 2. The predicted octanol–water partition coefficient (Wildman–Crippen LogP) is 0.399. The quantitative estimate of drug-likeness (QED) is 0.331. The van der Waals surface area contributed by atoms with Gasteiger partial charge >= 0.3 is 0 Å². The van der Waals surface area contributed by atoms with E-state index < -0.39 is 0 Å². The van der Waals surface area contributed by atoms with Gasteiger partial charge in [-0.15, -0.1) is 10.2 Å². The van der Waals surface area contributed by atoms with Gasteiger partial charge in [0.2, 0.25) is 5.91 Å². The molecule has 1 atom stereocenters. The Balaban J connectivity index is 2.54. The molecule has 1 aromatic rings. The van der Waals surface area contributed by atoms with Crippen LogP contribution in [-0.2, 0) is 4.79 Å². The van der Waals surface area contributed by atoms with E-state index >= 15 is 0 Å². The van der Waals surface area contributed by atoms with Crippen LogP contribution < -0.4 is 11.3 Å². The summed E-state index contributed by atoms with van der Waals surface area (Å²) in [4.78, 5) is 11.2. The number of carbonyl (C=O) groups excluding carboxylic acids is 1. The van der Waals surface area contributed by atoms with Crippen LogP contribution in [0.25, 0.3) is 0 Å². The first kappa shape index (κ1) is 10.4. The largest absolute Gasteiger partial charge is 0.293 e. The summed E-state index contributed by atoms with van der Waals surface area (Å²) in [6, 6.07) is 0. The van der Waals surface area contributed by atoms with Crippen molar-refractivity contribution in [2.45, 2.75) is 22.9 Å². The zero-order valence-electron chi connectivity index (χ0n) is 7.06. The molecule has 1 aromatic heterocycles. The monoisotopic (exact) mass is 218 g/mol. The van der Waals surface area contributed by atoms with Crippen LogP contribution in [0.4, 0.5) is 0 Å². The molecule has 1 amide bonds. The first-order valence-corrected chi connectivity index (χ1v) is 5.47. The van der Waals surface area contributed by atoms with Crippen LogP contribution in [0.15, 0.2) is 9.85 Å². The Bertz CT molecular complexity index is 264. The summed E-state index contributed by atoms with van der Waals surface area (Å²) in [5, 5.41) is 7.33. The van der Waals surface area contributed by atoms with Crippen LogP contribution in [0.3, 0.4) is 0 Å². The first-order valence-electron chi connectivity index (χ1n) is 3.71. The Labute approximate surface area is 84.1 Å². The number of hydrogen-bond donors (Lipinski definition) is 2. The van der Waals surface area contributed by atoms with Gasteiger partial charge in [0, 0.05) is 0 Å². The lowest BCUT2D eigenvalue weighted by Gasteiger charge is -2.09. The number of hydrazine groups is 1. The second kappa shape index (κ2) is 5.15. The molecule has 5 nitrogen and oxygen atoms in total.